The molecule has 2 N–H and O–H groups in total. The second-order valence-corrected chi connectivity index (χ2v) is 8.55. The summed E-state index contributed by atoms with van der Waals surface area (Å²) in [5, 5.41) is 13.8. The van der Waals surface area contributed by atoms with Crippen LogP contribution in [0.25, 0.3) is 0 Å². The minimum absolute atomic E-state index is 0.129. The van der Waals surface area contributed by atoms with Gasteiger partial charge in [0.15, 0.2) is 0 Å². The number of anilines is 2. The molecule has 2 aromatic rings. The average molecular weight is 500 g/mol. The van der Waals surface area contributed by atoms with Crippen molar-refractivity contribution in [1.29, 1.82) is 0 Å². The van der Waals surface area contributed by atoms with Gasteiger partial charge < -0.3 is 20.1 Å². The summed E-state index contributed by atoms with van der Waals surface area (Å²) in [6, 6.07) is 3.84. The standard InChI is InChI=1S/C21H23F3N4O5S/c1-33-20(32)18-15(4-9-34-18)26-17(29)10-13(19(30)31)12-27-5-7-28(8-6-27)16-3-2-14(11-25-16)21(22,23)24/h2-4,9,11,13H,5-8,10,12H2,1H3,(H,26,29)(H,30,31)/t13-/m0/s1. The van der Waals surface area contributed by atoms with Gasteiger partial charge in [0, 0.05) is 45.3 Å². The van der Waals surface area contributed by atoms with E-state index in [1.807, 2.05) is 9.80 Å². The third-order valence-corrected chi connectivity index (χ3v) is 6.24. The molecule has 0 aliphatic carbocycles. The number of aromatic nitrogens is 1. The number of amides is 1. The van der Waals surface area contributed by atoms with Crippen molar-refractivity contribution in [3.05, 3.63) is 40.2 Å². The highest BCUT2D eigenvalue weighted by molar-refractivity contribution is 7.12. The van der Waals surface area contributed by atoms with Gasteiger partial charge in [0.1, 0.15) is 10.7 Å². The summed E-state index contributed by atoms with van der Waals surface area (Å²) in [6.45, 7) is 1.96. The molecular formula is C21H23F3N4O5S. The number of ether oxygens (including phenoxy) is 1. The zero-order valence-electron chi connectivity index (χ0n) is 18.2. The van der Waals surface area contributed by atoms with Crippen LogP contribution >= 0.6 is 11.3 Å². The molecule has 0 saturated carbocycles. The molecule has 0 spiro atoms. The van der Waals surface area contributed by atoms with E-state index in [0.717, 1.165) is 23.6 Å². The van der Waals surface area contributed by atoms with Crippen molar-refractivity contribution < 1.29 is 37.4 Å². The molecule has 3 rings (SSSR count). The number of aliphatic carboxylic acids is 1. The quantitative estimate of drug-likeness (QED) is 0.533. The first kappa shape index (κ1) is 25.4. The zero-order chi connectivity index (χ0) is 24.9. The van der Waals surface area contributed by atoms with Gasteiger partial charge in [-0.3, -0.25) is 14.5 Å². The fraction of sp³-hybridized carbons (Fsp3) is 0.429. The number of carboxylic acid groups (broad SMARTS) is 1. The molecule has 2 aromatic heterocycles. The molecule has 13 heteroatoms. The lowest BCUT2D eigenvalue weighted by Gasteiger charge is -2.36. The lowest BCUT2D eigenvalue weighted by molar-refractivity contribution is -0.144. The predicted molar refractivity (Wildman–Crippen MR) is 118 cm³/mol. The molecule has 1 fully saturated rings. The van der Waals surface area contributed by atoms with Crippen molar-refractivity contribution >= 4 is 40.7 Å². The van der Waals surface area contributed by atoms with E-state index in [1.165, 1.54) is 13.2 Å². The summed E-state index contributed by atoms with van der Waals surface area (Å²) in [5.41, 5.74) is -0.553. The van der Waals surface area contributed by atoms with E-state index >= 15 is 0 Å². The van der Waals surface area contributed by atoms with Crippen LogP contribution < -0.4 is 10.2 Å². The number of carbonyl (C=O) groups excluding carboxylic acids is 2. The number of carboxylic acids is 1. The van der Waals surface area contributed by atoms with Crippen molar-refractivity contribution in [2.45, 2.75) is 12.6 Å². The lowest BCUT2D eigenvalue weighted by Crippen LogP contribution is -2.49. The average Bonchev–Trinajstić information content (AvgIpc) is 3.26. The second-order valence-electron chi connectivity index (χ2n) is 7.63. The Morgan fingerprint density at radius 3 is 2.47 bits per heavy atom. The van der Waals surface area contributed by atoms with E-state index in [9.17, 15) is 32.7 Å². The minimum atomic E-state index is -4.45. The Labute approximate surface area is 197 Å². The van der Waals surface area contributed by atoms with Gasteiger partial charge in [-0.2, -0.15) is 13.2 Å². The van der Waals surface area contributed by atoms with E-state index in [4.69, 9.17) is 0 Å². The predicted octanol–water partition coefficient (Wildman–Crippen LogP) is 2.80. The summed E-state index contributed by atoms with van der Waals surface area (Å²) in [6.07, 6.45) is -3.95. The van der Waals surface area contributed by atoms with E-state index in [1.54, 1.807) is 11.4 Å². The molecular weight excluding hydrogens is 477 g/mol. The van der Waals surface area contributed by atoms with Crippen molar-refractivity contribution in [1.82, 2.24) is 9.88 Å². The number of piperazine rings is 1. The molecule has 184 valence electrons. The fourth-order valence-electron chi connectivity index (χ4n) is 3.53. The van der Waals surface area contributed by atoms with Crippen molar-refractivity contribution in [2.75, 3.05) is 50.1 Å². The summed E-state index contributed by atoms with van der Waals surface area (Å²) in [4.78, 5) is 43.7. The van der Waals surface area contributed by atoms with E-state index in [0.29, 0.717) is 32.0 Å². The number of methoxy groups -OCH3 is 1. The van der Waals surface area contributed by atoms with Gasteiger partial charge in [-0.1, -0.05) is 0 Å². The first-order valence-corrected chi connectivity index (χ1v) is 11.2. The largest absolute Gasteiger partial charge is 0.481 e. The molecule has 0 radical (unpaired) electrons. The Hall–Kier alpha value is -3.19. The first-order valence-electron chi connectivity index (χ1n) is 10.3. The minimum Gasteiger partial charge on any atom is -0.481 e. The number of halogens is 3. The van der Waals surface area contributed by atoms with Gasteiger partial charge in [-0.05, 0) is 23.6 Å². The fourth-order valence-corrected chi connectivity index (χ4v) is 4.29. The number of thiophene rings is 1. The third kappa shape index (κ3) is 6.44. The highest BCUT2D eigenvalue weighted by atomic mass is 32.1. The van der Waals surface area contributed by atoms with Crippen LogP contribution in [0.3, 0.4) is 0 Å². The molecule has 9 nitrogen and oxygen atoms in total. The SMILES string of the molecule is COC(=O)c1sccc1NC(=O)C[C@@H](CN1CCN(c2ccc(C(F)(F)F)cn2)CC1)C(=O)O. The maximum Gasteiger partial charge on any atom is 0.417 e. The van der Waals surface area contributed by atoms with Crippen LogP contribution in [0.15, 0.2) is 29.8 Å². The smallest absolute Gasteiger partial charge is 0.417 e. The molecule has 1 aliphatic heterocycles. The topological polar surface area (TPSA) is 112 Å². The molecule has 1 aliphatic rings. The van der Waals surface area contributed by atoms with Crippen LogP contribution in [-0.4, -0.2) is 72.7 Å². The Morgan fingerprint density at radius 2 is 1.91 bits per heavy atom. The summed E-state index contributed by atoms with van der Waals surface area (Å²) in [5.74, 6) is -2.82. The van der Waals surface area contributed by atoms with E-state index in [2.05, 4.69) is 15.0 Å². The highest BCUT2D eigenvalue weighted by Crippen LogP contribution is 2.29. The Kier molecular flexibility index (Phi) is 8.10. The summed E-state index contributed by atoms with van der Waals surface area (Å²) >= 11 is 1.10. The molecule has 1 saturated heterocycles. The molecule has 0 bridgehead atoms. The first-order chi connectivity index (χ1) is 16.1. The number of carbonyl (C=O) groups is 3. The number of nitrogens with one attached hydrogen (secondary N) is 1. The van der Waals surface area contributed by atoms with Gasteiger partial charge >= 0.3 is 18.1 Å². The number of alkyl halides is 3. The Morgan fingerprint density at radius 1 is 1.21 bits per heavy atom. The highest BCUT2D eigenvalue weighted by Gasteiger charge is 2.31. The van der Waals surface area contributed by atoms with Crippen LogP contribution in [0, 0.1) is 5.92 Å². The van der Waals surface area contributed by atoms with E-state index < -0.39 is 35.5 Å². The number of rotatable bonds is 8. The van der Waals surface area contributed by atoms with Gasteiger partial charge in [0.2, 0.25) is 5.91 Å². The zero-order valence-corrected chi connectivity index (χ0v) is 19.0. The van der Waals surface area contributed by atoms with Crippen LogP contribution in [0.1, 0.15) is 21.7 Å². The van der Waals surface area contributed by atoms with E-state index in [-0.39, 0.29) is 23.5 Å². The number of nitrogens with zero attached hydrogens (tertiary/aromatic N) is 3. The number of esters is 1. The van der Waals surface area contributed by atoms with Gasteiger partial charge in [-0.15, -0.1) is 11.3 Å². The summed E-state index contributed by atoms with van der Waals surface area (Å²) < 4.78 is 42.8. The van der Waals surface area contributed by atoms with Gasteiger partial charge in [-0.25, -0.2) is 9.78 Å². The van der Waals surface area contributed by atoms with Crippen molar-refractivity contribution in [2.24, 2.45) is 5.92 Å². The van der Waals surface area contributed by atoms with Gasteiger partial charge in [0.25, 0.3) is 0 Å². The molecule has 1 atom stereocenters. The van der Waals surface area contributed by atoms with Crippen LogP contribution in [-0.2, 0) is 20.5 Å². The summed E-state index contributed by atoms with van der Waals surface area (Å²) in [7, 11) is 1.22. The Balaban J connectivity index is 1.53. The molecule has 0 unspecified atom stereocenters. The van der Waals surface area contributed by atoms with Crippen molar-refractivity contribution in [3.63, 3.8) is 0 Å². The second kappa shape index (κ2) is 10.8. The van der Waals surface area contributed by atoms with Crippen molar-refractivity contribution in [3.8, 4) is 0 Å². The van der Waals surface area contributed by atoms with Gasteiger partial charge in [0.05, 0.1) is 24.3 Å². The maximum absolute atomic E-state index is 12.7. The number of hydrogen-bond donors (Lipinski definition) is 2. The lowest BCUT2D eigenvalue weighted by atomic mass is 10.0. The van der Waals surface area contributed by atoms with Crippen LogP contribution in [0.4, 0.5) is 24.7 Å². The number of hydrogen-bond acceptors (Lipinski definition) is 8. The third-order valence-electron chi connectivity index (χ3n) is 5.34. The Bertz CT molecular complexity index is 1020. The van der Waals surface area contributed by atoms with Crippen LogP contribution in [0.2, 0.25) is 0 Å². The molecule has 34 heavy (non-hydrogen) atoms. The number of pyridine rings is 1. The molecule has 3 heterocycles. The van der Waals surface area contributed by atoms with Crippen LogP contribution in [0.5, 0.6) is 0 Å². The molecule has 1 amide bonds. The monoisotopic (exact) mass is 500 g/mol. The molecule has 0 aromatic carbocycles. The normalized spacial score (nSPS) is 15.6. The maximum atomic E-state index is 12.7.